The van der Waals surface area contributed by atoms with Gasteiger partial charge in [-0.3, -0.25) is 9.59 Å². The van der Waals surface area contributed by atoms with Gasteiger partial charge in [0.15, 0.2) is 0 Å². The van der Waals surface area contributed by atoms with E-state index in [1.165, 1.54) is 0 Å². The molecule has 0 amide bonds. The lowest BCUT2D eigenvalue weighted by Crippen LogP contribution is -2.24. The van der Waals surface area contributed by atoms with Crippen LogP contribution in [-0.2, 0) is 19.1 Å². The Morgan fingerprint density at radius 2 is 2.28 bits per heavy atom. The predicted octanol–water partition coefficient (Wildman–Crippen LogP) is 1.85. The largest absolute Gasteiger partial charge is 0.481 e. The first-order valence-corrected chi connectivity index (χ1v) is 6.57. The number of rotatable bonds is 8. The molecule has 1 aliphatic rings. The Morgan fingerprint density at radius 3 is 2.89 bits per heavy atom. The number of unbranched alkanes of at least 4 members (excludes halogenated alkanes) is 2. The minimum absolute atomic E-state index is 0.286. The number of carbonyl (C=O) groups is 2. The van der Waals surface area contributed by atoms with Gasteiger partial charge in [0, 0.05) is 13.0 Å². The molecule has 0 radical (unpaired) electrons. The van der Waals surface area contributed by atoms with Crippen LogP contribution in [0.5, 0.6) is 0 Å². The molecule has 0 aromatic heterocycles. The summed E-state index contributed by atoms with van der Waals surface area (Å²) in [5.74, 6) is -2.59. The first-order valence-electron chi connectivity index (χ1n) is 6.57. The molecule has 104 valence electrons. The lowest BCUT2D eigenvalue weighted by atomic mass is 9.91. The molecule has 5 nitrogen and oxygen atoms in total. The molecule has 0 saturated carbocycles. The van der Waals surface area contributed by atoms with Gasteiger partial charge in [0.2, 0.25) is 0 Å². The smallest absolute Gasteiger partial charge is 0.310 e. The summed E-state index contributed by atoms with van der Waals surface area (Å²) in [7, 11) is 0. The van der Waals surface area contributed by atoms with Gasteiger partial charge >= 0.3 is 11.9 Å². The van der Waals surface area contributed by atoms with Crippen LogP contribution in [0.4, 0.5) is 0 Å². The van der Waals surface area contributed by atoms with Crippen molar-refractivity contribution in [1.82, 2.24) is 0 Å². The minimum atomic E-state index is -0.957. The number of cyclic esters (lactones) is 1. The van der Waals surface area contributed by atoms with Crippen LogP contribution in [0.1, 0.15) is 39.5 Å². The van der Waals surface area contributed by atoms with Crippen LogP contribution in [0.3, 0.4) is 0 Å². The van der Waals surface area contributed by atoms with Gasteiger partial charge in [0.25, 0.3) is 0 Å². The van der Waals surface area contributed by atoms with Gasteiger partial charge in [-0.15, -0.1) is 0 Å². The minimum Gasteiger partial charge on any atom is -0.481 e. The van der Waals surface area contributed by atoms with Crippen molar-refractivity contribution in [3.8, 4) is 0 Å². The fourth-order valence-electron chi connectivity index (χ4n) is 2.03. The van der Waals surface area contributed by atoms with Crippen LogP contribution < -0.4 is 0 Å². The first-order chi connectivity index (χ1) is 8.56. The fourth-order valence-corrected chi connectivity index (χ4v) is 2.03. The van der Waals surface area contributed by atoms with Crippen LogP contribution in [0.15, 0.2) is 0 Å². The summed E-state index contributed by atoms with van der Waals surface area (Å²) < 4.78 is 10.6. The second-order valence-corrected chi connectivity index (χ2v) is 4.81. The third-order valence-electron chi connectivity index (χ3n) is 3.29. The molecule has 3 unspecified atom stereocenters. The van der Waals surface area contributed by atoms with E-state index in [0.717, 1.165) is 19.3 Å². The number of carboxylic acids is 1. The Balaban J connectivity index is 2.26. The van der Waals surface area contributed by atoms with Gasteiger partial charge in [0.05, 0.1) is 18.4 Å². The molecule has 0 aromatic rings. The zero-order valence-corrected chi connectivity index (χ0v) is 11.1. The number of hydrogen-bond donors (Lipinski definition) is 1. The standard InChI is InChI=1S/C13H22O5/c1-3-4-5-6-17-8-10-7-11(13(16)18-10)9(2)12(14)15/h9-11H,3-8H2,1-2H3,(H,14,15). The Kier molecular flexibility index (Phi) is 6.12. The van der Waals surface area contributed by atoms with Crippen molar-refractivity contribution in [3.63, 3.8) is 0 Å². The third-order valence-corrected chi connectivity index (χ3v) is 3.29. The normalized spacial score (nSPS) is 24.9. The van der Waals surface area contributed by atoms with Crippen LogP contribution in [0.2, 0.25) is 0 Å². The maximum absolute atomic E-state index is 11.5. The lowest BCUT2D eigenvalue weighted by molar-refractivity contribution is -0.152. The second kappa shape index (κ2) is 7.36. The number of carbonyl (C=O) groups excluding carboxylic acids is 1. The Labute approximate surface area is 107 Å². The molecular weight excluding hydrogens is 236 g/mol. The van der Waals surface area contributed by atoms with Gasteiger partial charge in [-0.1, -0.05) is 26.7 Å². The maximum atomic E-state index is 11.5. The van der Waals surface area contributed by atoms with Gasteiger partial charge in [-0.05, 0) is 6.42 Å². The maximum Gasteiger partial charge on any atom is 0.310 e. The zero-order chi connectivity index (χ0) is 13.5. The average Bonchev–Trinajstić information content (AvgIpc) is 2.69. The molecule has 1 rings (SSSR count). The van der Waals surface area contributed by atoms with Crippen LogP contribution in [-0.4, -0.2) is 36.4 Å². The number of carboxylic acid groups (broad SMARTS) is 1. The molecule has 0 aromatic carbocycles. The summed E-state index contributed by atoms with van der Waals surface area (Å²) in [4.78, 5) is 22.4. The monoisotopic (exact) mass is 258 g/mol. The highest BCUT2D eigenvalue weighted by Gasteiger charge is 2.40. The summed E-state index contributed by atoms with van der Waals surface area (Å²) in [5, 5.41) is 8.88. The van der Waals surface area contributed by atoms with E-state index in [-0.39, 0.29) is 6.10 Å². The van der Waals surface area contributed by atoms with Gasteiger partial charge in [0.1, 0.15) is 6.10 Å². The zero-order valence-electron chi connectivity index (χ0n) is 11.1. The SMILES string of the molecule is CCCCCOCC1CC(C(C)C(=O)O)C(=O)O1. The predicted molar refractivity (Wildman–Crippen MR) is 65.1 cm³/mol. The van der Waals surface area contributed by atoms with Crippen molar-refractivity contribution in [1.29, 1.82) is 0 Å². The summed E-state index contributed by atoms with van der Waals surface area (Å²) in [5.41, 5.74) is 0. The van der Waals surface area contributed by atoms with E-state index >= 15 is 0 Å². The quantitative estimate of drug-likeness (QED) is 0.531. The highest BCUT2D eigenvalue weighted by molar-refractivity contribution is 5.82. The van der Waals surface area contributed by atoms with E-state index in [4.69, 9.17) is 14.6 Å². The molecular formula is C13H22O5. The average molecular weight is 258 g/mol. The van der Waals surface area contributed by atoms with Crippen LogP contribution in [0, 0.1) is 11.8 Å². The van der Waals surface area contributed by atoms with E-state index in [1.807, 2.05) is 0 Å². The Morgan fingerprint density at radius 1 is 1.56 bits per heavy atom. The molecule has 0 bridgehead atoms. The van der Waals surface area contributed by atoms with E-state index in [2.05, 4.69) is 6.92 Å². The van der Waals surface area contributed by atoms with E-state index in [0.29, 0.717) is 19.6 Å². The van der Waals surface area contributed by atoms with Crippen LogP contribution >= 0.6 is 0 Å². The summed E-state index contributed by atoms with van der Waals surface area (Å²) >= 11 is 0. The van der Waals surface area contributed by atoms with Gasteiger partial charge in [-0.25, -0.2) is 0 Å². The number of esters is 1. The summed E-state index contributed by atoms with van der Waals surface area (Å²) in [6.45, 7) is 4.70. The molecule has 1 saturated heterocycles. The second-order valence-electron chi connectivity index (χ2n) is 4.81. The van der Waals surface area contributed by atoms with Crippen molar-refractivity contribution >= 4 is 11.9 Å². The molecule has 0 aliphatic carbocycles. The third kappa shape index (κ3) is 4.29. The molecule has 3 atom stereocenters. The molecule has 1 fully saturated rings. The Bertz CT molecular complexity index is 289. The van der Waals surface area contributed by atoms with Crippen LogP contribution in [0.25, 0.3) is 0 Å². The van der Waals surface area contributed by atoms with Gasteiger partial charge in [-0.2, -0.15) is 0 Å². The van der Waals surface area contributed by atoms with Crippen molar-refractivity contribution < 1.29 is 24.2 Å². The first kappa shape index (κ1) is 15.0. The molecule has 18 heavy (non-hydrogen) atoms. The molecule has 5 heteroatoms. The van der Waals surface area contributed by atoms with E-state index in [9.17, 15) is 9.59 Å². The Hall–Kier alpha value is -1.10. The van der Waals surface area contributed by atoms with Crippen molar-refractivity contribution in [2.75, 3.05) is 13.2 Å². The molecule has 1 heterocycles. The topological polar surface area (TPSA) is 72.8 Å². The van der Waals surface area contributed by atoms with Crippen molar-refractivity contribution in [3.05, 3.63) is 0 Å². The highest BCUT2D eigenvalue weighted by Crippen LogP contribution is 2.28. The molecule has 1 N–H and O–H groups in total. The molecule has 0 spiro atoms. The van der Waals surface area contributed by atoms with E-state index in [1.54, 1.807) is 6.92 Å². The fraction of sp³-hybridized carbons (Fsp3) is 0.846. The number of ether oxygens (including phenoxy) is 2. The van der Waals surface area contributed by atoms with Gasteiger partial charge < -0.3 is 14.6 Å². The van der Waals surface area contributed by atoms with Crippen molar-refractivity contribution in [2.45, 2.75) is 45.6 Å². The number of aliphatic carboxylic acids is 1. The summed E-state index contributed by atoms with van der Waals surface area (Å²) in [6, 6.07) is 0. The summed E-state index contributed by atoms with van der Waals surface area (Å²) in [6.07, 6.45) is 3.43. The number of hydrogen-bond acceptors (Lipinski definition) is 4. The lowest BCUT2D eigenvalue weighted by Gasteiger charge is -2.10. The molecule has 1 aliphatic heterocycles. The van der Waals surface area contributed by atoms with Crippen molar-refractivity contribution in [2.24, 2.45) is 11.8 Å². The van der Waals surface area contributed by atoms with E-state index < -0.39 is 23.8 Å². The highest BCUT2D eigenvalue weighted by atomic mass is 16.6.